The lowest BCUT2D eigenvalue weighted by Crippen LogP contribution is -2.49. The van der Waals surface area contributed by atoms with Gasteiger partial charge < -0.3 is 15.6 Å². The zero-order chi connectivity index (χ0) is 17.4. The van der Waals surface area contributed by atoms with Gasteiger partial charge in [-0.1, -0.05) is 19.3 Å². The predicted octanol–water partition coefficient (Wildman–Crippen LogP) is 0.972. The van der Waals surface area contributed by atoms with E-state index < -0.39 is 11.8 Å². The van der Waals surface area contributed by atoms with Crippen molar-refractivity contribution in [2.45, 2.75) is 64.3 Å². The second-order valence-electron chi connectivity index (χ2n) is 6.60. The minimum atomic E-state index is -0.697. The lowest BCUT2D eigenvalue weighted by Gasteiger charge is -2.26. The van der Waals surface area contributed by atoms with E-state index in [4.69, 9.17) is 0 Å². The van der Waals surface area contributed by atoms with Crippen LogP contribution in [0.15, 0.2) is 11.8 Å². The molecule has 24 heavy (non-hydrogen) atoms. The minimum absolute atomic E-state index is 0.177. The maximum absolute atomic E-state index is 12.0. The number of rotatable bonds is 4. The van der Waals surface area contributed by atoms with E-state index in [9.17, 15) is 14.4 Å². The van der Waals surface area contributed by atoms with E-state index >= 15 is 0 Å². The summed E-state index contributed by atoms with van der Waals surface area (Å²) in [6, 6.07) is 0.241. The third kappa shape index (κ3) is 5.86. The molecule has 2 rings (SSSR count). The molecule has 0 unspecified atom stereocenters. The van der Waals surface area contributed by atoms with Crippen molar-refractivity contribution < 1.29 is 14.4 Å². The molecule has 2 fully saturated rings. The minimum Gasteiger partial charge on any atom is -0.350 e. The van der Waals surface area contributed by atoms with Crippen molar-refractivity contribution in [3.05, 3.63) is 11.8 Å². The fourth-order valence-corrected chi connectivity index (χ4v) is 3.17. The van der Waals surface area contributed by atoms with Crippen molar-refractivity contribution in [1.29, 1.82) is 0 Å². The van der Waals surface area contributed by atoms with Gasteiger partial charge in [0.2, 0.25) is 5.91 Å². The summed E-state index contributed by atoms with van der Waals surface area (Å²) in [7, 11) is 0. The highest BCUT2D eigenvalue weighted by Crippen LogP contribution is 2.17. The van der Waals surface area contributed by atoms with Gasteiger partial charge >= 0.3 is 11.8 Å². The second-order valence-corrected chi connectivity index (χ2v) is 6.60. The third-order valence-corrected chi connectivity index (χ3v) is 4.51. The maximum atomic E-state index is 12.0. The van der Waals surface area contributed by atoms with Crippen molar-refractivity contribution in [2.75, 3.05) is 13.1 Å². The Morgan fingerprint density at radius 3 is 2.21 bits per heavy atom. The number of nitrogens with zero attached hydrogens (tertiary/aromatic N) is 1. The lowest BCUT2D eigenvalue weighted by molar-refractivity contribution is -0.146. The van der Waals surface area contributed by atoms with Gasteiger partial charge in [-0.15, -0.1) is 0 Å². The Kier molecular flexibility index (Phi) is 7.08. The van der Waals surface area contributed by atoms with E-state index in [1.807, 2.05) is 0 Å². The summed E-state index contributed by atoms with van der Waals surface area (Å²) in [6.45, 7) is 2.93. The van der Waals surface area contributed by atoms with E-state index in [2.05, 4.69) is 16.2 Å². The number of hydrogen-bond acceptors (Lipinski definition) is 4. The predicted molar refractivity (Wildman–Crippen MR) is 90.5 cm³/mol. The number of hydrogen-bond donors (Lipinski definition) is 3. The lowest BCUT2D eigenvalue weighted by atomic mass is 9.95. The SMILES string of the molecule is C/C(=C\C(=O)NC1CCCCC1)NNC(=O)C(=O)N1CCCCC1. The van der Waals surface area contributed by atoms with Gasteiger partial charge in [0.15, 0.2) is 0 Å². The van der Waals surface area contributed by atoms with Crippen LogP contribution in [0.3, 0.4) is 0 Å². The van der Waals surface area contributed by atoms with Crippen LogP contribution in [0, 0.1) is 0 Å². The highest BCUT2D eigenvalue weighted by molar-refractivity contribution is 6.34. The maximum Gasteiger partial charge on any atom is 0.327 e. The molecule has 2 aliphatic rings. The Balaban J connectivity index is 1.72. The highest BCUT2D eigenvalue weighted by Gasteiger charge is 2.23. The molecule has 7 nitrogen and oxygen atoms in total. The summed E-state index contributed by atoms with van der Waals surface area (Å²) < 4.78 is 0. The van der Waals surface area contributed by atoms with Crippen LogP contribution < -0.4 is 16.2 Å². The number of nitrogens with one attached hydrogen (secondary N) is 3. The molecule has 1 saturated carbocycles. The number of carbonyl (C=O) groups is 3. The Morgan fingerprint density at radius 1 is 0.917 bits per heavy atom. The van der Waals surface area contributed by atoms with Crippen molar-refractivity contribution >= 4 is 17.7 Å². The molecule has 1 aliphatic heterocycles. The molecule has 1 saturated heterocycles. The molecule has 3 amide bonds. The van der Waals surface area contributed by atoms with Gasteiger partial charge in [-0.05, 0) is 39.0 Å². The summed E-state index contributed by atoms with van der Waals surface area (Å²) in [6.07, 6.45) is 9.96. The van der Waals surface area contributed by atoms with Gasteiger partial charge in [0, 0.05) is 30.9 Å². The van der Waals surface area contributed by atoms with E-state index in [0.29, 0.717) is 18.8 Å². The number of allylic oxidation sites excluding steroid dienone is 1. The van der Waals surface area contributed by atoms with Crippen LogP contribution >= 0.6 is 0 Å². The molecule has 0 radical (unpaired) electrons. The molecule has 7 heteroatoms. The molecular formula is C17H28N4O3. The van der Waals surface area contributed by atoms with Crippen molar-refractivity contribution in [3.8, 4) is 0 Å². The number of hydrazine groups is 1. The van der Waals surface area contributed by atoms with Crippen LogP contribution in [0.25, 0.3) is 0 Å². The zero-order valence-corrected chi connectivity index (χ0v) is 14.4. The quantitative estimate of drug-likeness (QED) is 0.405. The van der Waals surface area contributed by atoms with Gasteiger partial charge in [0.05, 0.1) is 0 Å². The number of piperidine rings is 1. The molecule has 0 atom stereocenters. The zero-order valence-electron chi connectivity index (χ0n) is 14.4. The van der Waals surface area contributed by atoms with Gasteiger partial charge in [0.1, 0.15) is 0 Å². The standard InChI is InChI=1S/C17H28N4O3/c1-13(12-15(22)18-14-8-4-2-5-9-14)19-20-16(23)17(24)21-10-6-3-7-11-21/h12,14,19H,2-11H2,1H3,(H,18,22)(H,20,23)/b13-12+. The van der Waals surface area contributed by atoms with Gasteiger partial charge in [-0.25, -0.2) is 0 Å². The molecule has 0 aromatic rings. The van der Waals surface area contributed by atoms with Crippen LogP contribution in [-0.2, 0) is 14.4 Å². The fraction of sp³-hybridized carbons (Fsp3) is 0.706. The van der Waals surface area contributed by atoms with Crippen molar-refractivity contribution in [1.82, 2.24) is 21.1 Å². The molecule has 3 N–H and O–H groups in total. The van der Waals surface area contributed by atoms with Gasteiger partial charge in [-0.2, -0.15) is 0 Å². The molecule has 1 heterocycles. The average Bonchev–Trinajstić information content (AvgIpc) is 2.60. The number of carbonyl (C=O) groups excluding carboxylic acids is 3. The Hall–Kier alpha value is -2.05. The average molecular weight is 336 g/mol. The number of likely N-dealkylation sites (tertiary alicyclic amines) is 1. The molecular weight excluding hydrogens is 308 g/mol. The van der Waals surface area contributed by atoms with E-state index in [-0.39, 0.29) is 11.9 Å². The highest BCUT2D eigenvalue weighted by atomic mass is 16.2. The first-order chi connectivity index (χ1) is 11.6. The third-order valence-electron chi connectivity index (χ3n) is 4.51. The van der Waals surface area contributed by atoms with Crippen molar-refractivity contribution in [2.24, 2.45) is 0 Å². The van der Waals surface area contributed by atoms with Gasteiger partial charge in [-0.3, -0.25) is 19.8 Å². The normalized spacial score (nSPS) is 19.5. The summed E-state index contributed by atoms with van der Waals surface area (Å²) in [4.78, 5) is 37.3. The number of amides is 3. The van der Waals surface area contributed by atoms with Crippen LogP contribution in [0.4, 0.5) is 0 Å². The smallest absolute Gasteiger partial charge is 0.327 e. The van der Waals surface area contributed by atoms with Crippen molar-refractivity contribution in [3.63, 3.8) is 0 Å². The molecule has 1 aliphatic carbocycles. The van der Waals surface area contributed by atoms with Crippen LogP contribution in [0.5, 0.6) is 0 Å². The summed E-state index contributed by atoms with van der Waals surface area (Å²) >= 11 is 0. The first kappa shape index (κ1) is 18.3. The molecule has 0 bridgehead atoms. The second kappa shape index (κ2) is 9.30. The monoisotopic (exact) mass is 336 g/mol. The largest absolute Gasteiger partial charge is 0.350 e. The van der Waals surface area contributed by atoms with E-state index in [0.717, 1.165) is 44.9 Å². The topological polar surface area (TPSA) is 90.5 Å². The first-order valence-corrected chi connectivity index (χ1v) is 8.90. The van der Waals surface area contributed by atoms with E-state index in [1.54, 1.807) is 11.8 Å². The van der Waals surface area contributed by atoms with Crippen LogP contribution in [0.1, 0.15) is 58.3 Å². The Morgan fingerprint density at radius 2 is 1.54 bits per heavy atom. The van der Waals surface area contributed by atoms with Gasteiger partial charge in [0.25, 0.3) is 0 Å². The van der Waals surface area contributed by atoms with E-state index in [1.165, 1.54) is 12.5 Å². The Bertz CT molecular complexity index is 492. The molecule has 0 aromatic heterocycles. The summed E-state index contributed by atoms with van der Waals surface area (Å²) in [5.41, 5.74) is 5.47. The summed E-state index contributed by atoms with van der Waals surface area (Å²) in [5, 5.41) is 2.97. The fourth-order valence-electron chi connectivity index (χ4n) is 3.17. The first-order valence-electron chi connectivity index (χ1n) is 8.90. The molecule has 0 aromatic carbocycles. The molecule has 0 spiro atoms. The molecule has 134 valence electrons. The van der Waals surface area contributed by atoms with Crippen LogP contribution in [-0.4, -0.2) is 41.8 Å². The van der Waals surface area contributed by atoms with Crippen LogP contribution in [0.2, 0.25) is 0 Å². The Labute approximate surface area is 143 Å². The summed E-state index contributed by atoms with van der Waals surface area (Å²) in [5.74, 6) is -1.40.